The number of nitrogens with one attached hydrogen (secondary N) is 1. The van der Waals surface area contributed by atoms with Crippen LogP contribution in [0.25, 0.3) is 0 Å². The van der Waals surface area contributed by atoms with Crippen LogP contribution in [0.4, 0.5) is 0 Å². The predicted molar refractivity (Wildman–Crippen MR) is 82.7 cm³/mol. The van der Waals surface area contributed by atoms with Crippen LogP contribution in [-0.2, 0) is 4.79 Å². The van der Waals surface area contributed by atoms with Crippen LogP contribution in [0.15, 0.2) is 12.1 Å². The normalized spacial score (nSPS) is 11.8. The molecule has 0 fully saturated rings. The average molecular weight is 330 g/mol. The zero-order valence-corrected chi connectivity index (χ0v) is 13.3. The molecule has 0 aliphatic rings. The van der Waals surface area contributed by atoms with Gasteiger partial charge in [0.05, 0.1) is 11.6 Å². The summed E-state index contributed by atoms with van der Waals surface area (Å²) in [6.45, 7) is 3.96. The maximum absolute atomic E-state index is 12.2. The Labute approximate surface area is 134 Å². The maximum Gasteiger partial charge on any atom is 0.326 e. The fraction of sp³-hybridized carbons (Fsp3) is 0.467. The van der Waals surface area contributed by atoms with Crippen molar-refractivity contribution in [3.63, 3.8) is 0 Å². The first-order valence-corrected chi connectivity index (χ1v) is 7.47. The number of hydrogen-bond acceptors (Lipinski definition) is 4. The van der Waals surface area contributed by atoms with Gasteiger partial charge in [-0.2, -0.15) is 0 Å². The van der Waals surface area contributed by atoms with Crippen LogP contribution in [0, 0.1) is 0 Å². The molecule has 0 aromatic heterocycles. The van der Waals surface area contributed by atoms with E-state index in [0.717, 1.165) is 6.42 Å². The van der Waals surface area contributed by atoms with Gasteiger partial charge in [-0.25, -0.2) is 4.79 Å². The molecule has 0 aliphatic heterocycles. The molecule has 1 amide bonds. The molecule has 0 heterocycles. The number of rotatable bonds is 8. The fourth-order valence-electron chi connectivity index (χ4n) is 1.88. The lowest BCUT2D eigenvalue weighted by molar-refractivity contribution is -0.139. The van der Waals surface area contributed by atoms with Crippen molar-refractivity contribution in [1.29, 1.82) is 0 Å². The van der Waals surface area contributed by atoms with E-state index in [4.69, 9.17) is 21.4 Å². The van der Waals surface area contributed by atoms with Crippen molar-refractivity contribution in [2.45, 2.75) is 39.2 Å². The number of ether oxygens (including phenoxy) is 1. The molecule has 3 N–H and O–H groups in total. The minimum atomic E-state index is -1.09. The standard InChI is InChI=1S/C15H20ClNO5/c1-3-5-6-11(15(20)21)17-14(19)9-7-10(16)13(18)12(8-9)22-4-2/h7-8,11,18H,3-6H2,1-2H3,(H,17,19)(H,20,21). The highest BCUT2D eigenvalue weighted by Crippen LogP contribution is 2.35. The molecule has 1 aromatic carbocycles. The minimum Gasteiger partial charge on any atom is -0.503 e. The Kier molecular flexibility index (Phi) is 6.98. The monoisotopic (exact) mass is 329 g/mol. The second-order valence-corrected chi connectivity index (χ2v) is 5.15. The van der Waals surface area contributed by atoms with Gasteiger partial charge in [0, 0.05) is 5.56 Å². The van der Waals surface area contributed by atoms with Crippen molar-refractivity contribution in [2.24, 2.45) is 0 Å². The number of carboxylic acid groups (broad SMARTS) is 1. The van der Waals surface area contributed by atoms with E-state index in [1.807, 2.05) is 6.92 Å². The van der Waals surface area contributed by atoms with Gasteiger partial charge in [-0.3, -0.25) is 4.79 Å². The Hall–Kier alpha value is -1.95. The van der Waals surface area contributed by atoms with Crippen molar-refractivity contribution < 1.29 is 24.5 Å². The fourth-order valence-corrected chi connectivity index (χ4v) is 2.09. The van der Waals surface area contributed by atoms with Crippen molar-refractivity contribution in [3.8, 4) is 11.5 Å². The van der Waals surface area contributed by atoms with Crippen molar-refractivity contribution in [3.05, 3.63) is 22.7 Å². The molecular formula is C15H20ClNO5. The van der Waals surface area contributed by atoms with Crippen LogP contribution in [-0.4, -0.2) is 34.7 Å². The summed E-state index contributed by atoms with van der Waals surface area (Å²) < 4.78 is 5.19. The Morgan fingerprint density at radius 3 is 2.59 bits per heavy atom. The number of aliphatic carboxylic acids is 1. The zero-order valence-electron chi connectivity index (χ0n) is 12.6. The number of unbranched alkanes of at least 4 members (excludes halogenated alkanes) is 1. The third kappa shape index (κ3) is 4.80. The van der Waals surface area contributed by atoms with Crippen LogP contribution in [0.3, 0.4) is 0 Å². The van der Waals surface area contributed by atoms with Gasteiger partial charge in [-0.05, 0) is 25.5 Å². The van der Waals surface area contributed by atoms with Gasteiger partial charge in [0.25, 0.3) is 5.91 Å². The smallest absolute Gasteiger partial charge is 0.326 e. The van der Waals surface area contributed by atoms with Crippen LogP contribution < -0.4 is 10.1 Å². The number of carboxylic acids is 1. The topological polar surface area (TPSA) is 95.9 Å². The van der Waals surface area contributed by atoms with Gasteiger partial charge in [0.2, 0.25) is 0 Å². The van der Waals surface area contributed by atoms with Gasteiger partial charge in [0.15, 0.2) is 11.5 Å². The summed E-state index contributed by atoms with van der Waals surface area (Å²) in [4.78, 5) is 23.3. The number of aromatic hydroxyl groups is 1. The number of phenolic OH excluding ortho intramolecular Hbond substituents is 1. The third-order valence-electron chi connectivity index (χ3n) is 3.04. The first-order chi connectivity index (χ1) is 10.4. The Balaban J connectivity index is 2.94. The number of benzene rings is 1. The molecule has 0 spiro atoms. The number of halogens is 1. The summed E-state index contributed by atoms with van der Waals surface area (Å²) >= 11 is 5.86. The molecule has 1 atom stereocenters. The van der Waals surface area contributed by atoms with E-state index in [2.05, 4.69) is 5.32 Å². The highest BCUT2D eigenvalue weighted by molar-refractivity contribution is 6.32. The van der Waals surface area contributed by atoms with Crippen molar-refractivity contribution in [1.82, 2.24) is 5.32 Å². The summed E-state index contributed by atoms with van der Waals surface area (Å²) in [5.74, 6) is -1.83. The van der Waals surface area contributed by atoms with Gasteiger partial charge in [-0.1, -0.05) is 31.4 Å². The number of hydrogen-bond donors (Lipinski definition) is 3. The van der Waals surface area contributed by atoms with Crippen LogP contribution in [0.5, 0.6) is 11.5 Å². The van der Waals surface area contributed by atoms with E-state index in [1.165, 1.54) is 12.1 Å². The maximum atomic E-state index is 12.2. The van der Waals surface area contributed by atoms with Gasteiger partial charge in [0.1, 0.15) is 6.04 Å². The molecule has 1 unspecified atom stereocenters. The lowest BCUT2D eigenvalue weighted by atomic mass is 10.1. The summed E-state index contributed by atoms with van der Waals surface area (Å²) in [7, 11) is 0. The molecule has 1 rings (SSSR count). The summed E-state index contributed by atoms with van der Waals surface area (Å²) in [5.41, 5.74) is 0.133. The SMILES string of the molecule is CCCCC(NC(=O)c1cc(Cl)c(O)c(OCC)c1)C(=O)O. The first kappa shape index (κ1) is 18.1. The summed E-state index contributed by atoms with van der Waals surface area (Å²) in [6, 6.07) is 1.64. The minimum absolute atomic E-state index is 0.0310. The number of amides is 1. The van der Waals surface area contributed by atoms with E-state index in [1.54, 1.807) is 6.92 Å². The van der Waals surface area contributed by atoms with Gasteiger partial charge in [-0.15, -0.1) is 0 Å². The lowest BCUT2D eigenvalue weighted by Crippen LogP contribution is -2.40. The molecule has 7 heteroatoms. The van der Waals surface area contributed by atoms with Crippen LogP contribution in [0.2, 0.25) is 5.02 Å². The highest BCUT2D eigenvalue weighted by atomic mass is 35.5. The molecular weight excluding hydrogens is 310 g/mol. The number of carbonyl (C=O) groups is 2. The summed E-state index contributed by atoms with van der Waals surface area (Å²) in [5, 5.41) is 21.3. The van der Waals surface area contributed by atoms with Crippen LogP contribution >= 0.6 is 11.6 Å². The van der Waals surface area contributed by atoms with E-state index in [-0.39, 0.29) is 22.1 Å². The Bertz CT molecular complexity index is 547. The molecule has 0 saturated carbocycles. The second-order valence-electron chi connectivity index (χ2n) is 4.74. The predicted octanol–water partition coefficient (Wildman–Crippen LogP) is 2.82. The Morgan fingerprint density at radius 2 is 2.05 bits per heavy atom. The van der Waals surface area contributed by atoms with Gasteiger partial charge >= 0.3 is 5.97 Å². The van der Waals surface area contributed by atoms with Crippen LogP contribution in [0.1, 0.15) is 43.5 Å². The first-order valence-electron chi connectivity index (χ1n) is 7.09. The Morgan fingerprint density at radius 1 is 1.36 bits per heavy atom. The molecule has 6 nitrogen and oxygen atoms in total. The average Bonchev–Trinajstić information content (AvgIpc) is 2.47. The molecule has 22 heavy (non-hydrogen) atoms. The number of carbonyl (C=O) groups excluding carboxylic acids is 1. The molecule has 0 bridgehead atoms. The van der Waals surface area contributed by atoms with Gasteiger partial charge < -0.3 is 20.3 Å². The largest absolute Gasteiger partial charge is 0.503 e. The highest BCUT2D eigenvalue weighted by Gasteiger charge is 2.21. The van der Waals surface area contributed by atoms with E-state index in [0.29, 0.717) is 19.4 Å². The molecule has 0 radical (unpaired) electrons. The molecule has 0 aliphatic carbocycles. The zero-order chi connectivity index (χ0) is 16.7. The second kappa shape index (κ2) is 8.48. The summed E-state index contributed by atoms with van der Waals surface area (Å²) in [6.07, 6.45) is 1.87. The van der Waals surface area contributed by atoms with Crippen molar-refractivity contribution >= 4 is 23.5 Å². The molecule has 122 valence electrons. The van der Waals surface area contributed by atoms with E-state index >= 15 is 0 Å². The van der Waals surface area contributed by atoms with E-state index in [9.17, 15) is 14.7 Å². The van der Waals surface area contributed by atoms with Crippen molar-refractivity contribution in [2.75, 3.05) is 6.61 Å². The lowest BCUT2D eigenvalue weighted by Gasteiger charge is -2.15. The van der Waals surface area contributed by atoms with E-state index < -0.39 is 17.9 Å². The quantitative estimate of drug-likeness (QED) is 0.681. The third-order valence-corrected chi connectivity index (χ3v) is 3.33. The molecule has 0 saturated heterocycles. The number of phenols is 1. The molecule has 1 aromatic rings.